The van der Waals surface area contributed by atoms with Crippen molar-refractivity contribution in [1.29, 1.82) is 0 Å². The fourth-order valence-electron chi connectivity index (χ4n) is 0.175. The molecule has 0 fully saturated rings. The molecule has 0 atom stereocenters. The summed E-state index contributed by atoms with van der Waals surface area (Å²) < 4.78 is 0. The summed E-state index contributed by atoms with van der Waals surface area (Å²) in [6.07, 6.45) is 3.47. The average Bonchev–Trinajstić information content (AvgIpc) is 1.69. The highest BCUT2D eigenvalue weighted by atomic mass is 16.6. The lowest BCUT2D eigenvalue weighted by Crippen LogP contribution is -1.78. The summed E-state index contributed by atoms with van der Waals surface area (Å²) in [4.78, 5) is 4.59. The van der Waals surface area contributed by atoms with Gasteiger partial charge in [0.05, 0.1) is 0 Å². The summed E-state index contributed by atoms with van der Waals surface area (Å²) in [5.74, 6) is 0. The van der Waals surface area contributed by atoms with Crippen LogP contribution in [0.25, 0.3) is 0 Å². The highest BCUT2D eigenvalue weighted by Gasteiger charge is 1.67. The Bertz CT molecular complexity index is 52.0. The summed E-state index contributed by atoms with van der Waals surface area (Å²) in [5, 5.41) is 3.46. The molecule has 1 radical (unpaired) electrons. The van der Waals surface area contributed by atoms with E-state index in [9.17, 15) is 0 Å². The molecule has 0 N–H and O–H groups in total. The van der Waals surface area contributed by atoms with Crippen molar-refractivity contribution in [1.82, 2.24) is 0 Å². The number of nitrogens with zero attached hydrogens (tertiary/aromatic N) is 1. The highest BCUT2D eigenvalue weighted by molar-refractivity contribution is 5.55. The summed E-state index contributed by atoms with van der Waals surface area (Å²) >= 11 is 0. The quantitative estimate of drug-likeness (QED) is 0.387. The van der Waals surface area contributed by atoms with E-state index >= 15 is 0 Å². The van der Waals surface area contributed by atoms with Gasteiger partial charge >= 0.3 is 0 Å². The van der Waals surface area contributed by atoms with Crippen molar-refractivity contribution in [2.75, 3.05) is 6.61 Å². The van der Waals surface area contributed by atoms with Crippen molar-refractivity contribution in [3.8, 4) is 0 Å². The van der Waals surface area contributed by atoms with E-state index in [0.717, 1.165) is 6.42 Å². The summed E-state index contributed by atoms with van der Waals surface area (Å²) in [5.41, 5.74) is 0. The molecule has 2 heteroatoms. The molecule has 0 aromatic rings. The molecule has 0 aliphatic rings. The topological polar surface area (TPSA) is 21.6 Å². The van der Waals surface area contributed by atoms with Crippen LogP contribution in [0.5, 0.6) is 0 Å². The van der Waals surface area contributed by atoms with E-state index in [0.29, 0.717) is 6.61 Å². The molecular weight excluding hydrogens is 90.1 g/mol. The van der Waals surface area contributed by atoms with Gasteiger partial charge in [-0.25, -0.2) is 0 Å². The van der Waals surface area contributed by atoms with Gasteiger partial charge in [0.25, 0.3) is 0 Å². The van der Waals surface area contributed by atoms with E-state index in [1.54, 1.807) is 0 Å². The molecule has 0 heterocycles. The van der Waals surface area contributed by atoms with Crippen LogP contribution in [0.1, 0.15) is 20.3 Å². The van der Waals surface area contributed by atoms with Gasteiger partial charge in [0.1, 0.15) is 12.8 Å². The minimum atomic E-state index is 0.632. The first-order valence-corrected chi connectivity index (χ1v) is 2.46. The summed E-state index contributed by atoms with van der Waals surface area (Å²) in [7, 11) is 0. The van der Waals surface area contributed by atoms with E-state index in [-0.39, 0.29) is 0 Å². The second-order valence-electron chi connectivity index (χ2n) is 1.02. The maximum Gasteiger partial charge on any atom is 0.114 e. The van der Waals surface area contributed by atoms with Crippen molar-refractivity contribution in [3.05, 3.63) is 0 Å². The molecule has 2 nitrogen and oxygen atoms in total. The van der Waals surface area contributed by atoms with Crippen molar-refractivity contribution < 1.29 is 4.84 Å². The standard InChI is InChI=1S/C5H10NO/c1-3-5-6-7-4-2/h3-4H2,1-2H3. The zero-order chi connectivity index (χ0) is 5.54. The third-order valence-corrected chi connectivity index (χ3v) is 0.416. The van der Waals surface area contributed by atoms with Crippen LogP contribution in [-0.2, 0) is 4.84 Å². The first kappa shape index (κ1) is 6.47. The molecule has 0 bridgehead atoms. The molecule has 0 aromatic heterocycles. The third-order valence-electron chi connectivity index (χ3n) is 0.416. The van der Waals surface area contributed by atoms with Crippen molar-refractivity contribution in [2.45, 2.75) is 20.3 Å². The fourth-order valence-corrected chi connectivity index (χ4v) is 0.175. The van der Waals surface area contributed by atoms with Gasteiger partial charge in [0.15, 0.2) is 0 Å². The minimum absolute atomic E-state index is 0.632. The van der Waals surface area contributed by atoms with Crippen LogP contribution in [0, 0.1) is 0 Å². The van der Waals surface area contributed by atoms with E-state index in [4.69, 9.17) is 0 Å². The Morgan fingerprint density at radius 1 is 1.57 bits per heavy atom. The van der Waals surface area contributed by atoms with Crippen LogP contribution >= 0.6 is 0 Å². The van der Waals surface area contributed by atoms with Gasteiger partial charge in [-0.2, -0.15) is 0 Å². The normalized spacial score (nSPS) is 10.0. The molecule has 0 aromatic carbocycles. The monoisotopic (exact) mass is 100 g/mol. The van der Waals surface area contributed by atoms with Crippen LogP contribution in [0.2, 0.25) is 0 Å². The molecule has 0 saturated carbocycles. The second kappa shape index (κ2) is 5.47. The molecule has 0 spiro atoms. The largest absolute Gasteiger partial charge is 0.396 e. The van der Waals surface area contributed by atoms with Gasteiger partial charge < -0.3 is 4.84 Å². The molecule has 0 aliphatic carbocycles. The van der Waals surface area contributed by atoms with Crippen LogP contribution in [-0.4, -0.2) is 12.8 Å². The lowest BCUT2D eigenvalue weighted by molar-refractivity contribution is 0.160. The van der Waals surface area contributed by atoms with Crippen molar-refractivity contribution in [3.63, 3.8) is 0 Å². The molecular formula is C5H10NO. The van der Waals surface area contributed by atoms with E-state index < -0.39 is 0 Å². The van der Waals surface area contributed by atoms with Crippen LogP contribution in [0.15, 0.2) is 5.16 Å². The Labute approximate surface area is 44.2 Å². The van der Waals surface area contributed by atoms with Gasteiger partial charge in [-0.15, -0.1) is 0 Å². The van der Waals surface area contributed by atoms with E-state index in [1.807, 2.05) is 13.8 Å². The lowest BCUT2D eigenvalue weighted by atomic mass is 10.6. The zero-order valence-corrected chi connectivity index (χ0v) is 4.77. The van der Waals surface area contributed by atoms with Crippen molar-refractivity contribution >= 4 is 6.21 Å². The Morgan fingerprint density at radius 2 is 2.29 bits per heavy atom. The van der Waals surface area contributed by atoms with Gasteiger partial charge in [-0.05, 0) is 13.3 Å². The van der Waals surface area contributed by atoms with E-state index in [2.05, 4.69) is 16.2 Å². The van der Waals surface area contributed by atoms with Crippen LogP contribution < -0.4 is 0 Å². The lowest BCUT2D eigenvalue weighted by Gasteiger charge is -1.85. The minimum Gasteiger partial charge on any atom is -0.396 e. The third kappa shape index (κ3) is 5.47. The maximum absolute atomic E-state index is 4.59. The predicted octanol–water partition coefficient (Wildman–Crippen LogP) is 1.30. The Balaban J connectivity index is 2.78. The molecule has 0 amide bonds. The van der Waals surface area contributed by atoms with Crippen LogP contribution in [0.3, 0.4) is 0 Å². The van der Waals surface area contributed by atoms with E-state index in [1.165, 1.54) is 0 Å². The first-order valence-electron chi connectivity index (χ1n) is 2.46. The molecule has 0 saturated heterocycles. The van der Waals surface area contributed by atoms with Crippen LogP contribution in [0.4, 0.5) is 0 Å². The molecule has 0 unspecified atom stereocenters. The molecule has 0 aliphatic heterocycles. The predicted molar refractivity (Wildman–Crippen MR) is 29.4 cm³/mol. The SMILES string of the molecule is CC/[C]=N/OCC. The van der Waals surface area contributed by atoms with Gasteiger partial charge in [0, 0.05) is 0 Å². The number of hydrogen-bond donors (Lipinski definition) is 0. The average molecular weight is 100 g/mol. The molecule has 41 valence electrons. The van der Waals surface area contributed by atoms with Gasteiger partial charge in [0.2, 0.25) is 0 Å². The fraction of sp³-hybridized carbons (Fsp3) is 0.800. The van der Waals surface area contributed by atoms with Gasteiger partial charge in [-0.3, -0.25) is 0 Å². The number of hydrogen-bond acceptors (Lipinski definition) is 2. The first-order chi connectivity index (χ1) is 3.41. The maximum atomic E-state index is 4.59. The zero-order valence-electron chi connectivity index (χ0n) is 4.77. The van der Waals surface area contributed by atoms with Crippen molar-refractivity contribution in [2.24, 2.45) is 5.16 Å². The Kier molecular flexibility index (Phi) is 5.06. The molecule has 7 heavy (non-hydrogen) atoms. The highest BCUT2D eigenvalue weighted by Crippen LogP contribution is 1.72. The summed E-state index contributed by atoms with van der Waals surface area (Å²) in [6, 6.07) is 0. The molecule has 0 rings (SSSR count). The summed E-state index contributed by atoms with van der Waals surface area (Å²) in [6.45, 7) is 4.48. The number of rotatable bonds is 3. The second-order valence-corrected chi connectivity index (χ2v) is 1.02. The smallest absolute Gasteiger partial charge is 0.114 e. The Hall–Kier alpha value is -0.530. The van der Waals surface area contributed by atoms with Gasteiger partial charge in [-0.1, -0.05) is 12.1 Å². The Morgan fingerprint density at radius 3 is 2.71 bits per heavy atom.